The van der Waals surface area contributed by atoms with Crippen LogP contribution in [0.4, 0.5) is 0 Å². The lowest BCUT2D eigenvalue weighted by molar-refractivity contribution is 1.02. The first-order valence-corrected chi connectivity index (χ1v) is 8.92. The molecule has 0 bridgehead atoms. The van der Waals surface area contributed by atoms with Crippen LogP contribution in [0.2, 0.25) is 0 Å². The Morgan fingerprint density at radius 3 is 2.95 bits per heavy atom. The zero-order valence-electron chi connectivity index (χ0n) is 11.0. The van der Waals surface area contributed by atoms with Gasteiger partial charge in [-0.2, -0.15) is 8.75 Å². The normalized spacial score (nSPS) is 12.0. The second-order valence-electron chi connectivity index (χ2n) is 4.96. The molecule has 4 heterocycles. The van der Waals surface area contributed by atoms with E-state index in [0.29, 0.717) is 0 Å². The number of hydrogen-bond donors (Lipinski definition) is 0. The first kappa shape index (κ1) is 11.9. The minimum absolute atomic E-state index is 0.983. The maximum Gasteiger partial charge on any atom is 0.113 e. The molecular weight excluding hydrogens is 318 g/mol. The fraction of sp³-hybridized carbons (Fsp3) is 0.0667. The van der Waals surface area contributed by atoms with Crippen LogP contribution in [0.1, 0.15) is 0 Å². The highest BCUT2D eigenvalue weighted by molar-refractivity contribution is 7.28. The van der Waals surface area contributed by atoms with Crippen LogP contribution in [0, 0.1) is 0 Å². The molecule has 6 heteroatoms. The summed E-state index contributed by atoms with van der Waals surface area (Å²) in [6.07, 6.45) is 0. The molecule has 21 heavy (non-hydrogen) atoms. The average molecular weight is 327 g/mol. The number of fused-ring (bicyclic) bond motifs is 4. The van der Waals surface area contributed by atoms with E-state index in [2.05, 4.69) is 50.0 Å². The predicted molar refractivity (Wildman–Crippen MR) is 92.6 cm³/mol. The van der Waals surface area contributed by atoms with Crippen molar-refractivity contribution in [3.8, 4) is 10.4 Å². The number of rotatable bonds is 1. The van der Waals surface area contributed by atoms with Gasteiger partial charge in [0.25, 0.3) is 0 Å². The summed E-state index contributed by atoms with van der Waals surface area (Å²) in [7, 11) is 2.14. The van der Waals surface area contributed by atoms with Crippen molar-refractivity contribution < 1.29 is 0 Å². The molecule has 0 saturated carbocycles. The molecule has 0 atom stereocenters. The Morgan fingerprint density at radius 1 is 1.05 bits per heavy atom. The molecule has 0 unspecified atom stereocenters. The molecule has 102 valence electrons. The molecule has 0 amide bonds. The fourth-order valence-electron chi connectivity index (χ4n) is 2.80. The zero-order chi connectivity index (χ0) is 14.0. The largest absolute Gasteiger partial charge is 0.342 e. The molecule has 5 aromatic rings. The van der Waals surface area contributed by atoms with E-state index in [4.69, 9.17) is 0 Å². The van der Waals surface area contributed by atoms with E-state index in [1.54, 1.807) is 0 Å². The van der Waals surface area contributed by atoms with Crippen molar-refractivity contribution in [2.24, 2.45) is 7.05 Å². The second-order valence-corrected chi connectivity index (χ2v) is 7.45. The van der Waals surface area contributed by atoms with Gasteiger partial charge in [0, 0.05) is 17.5 Å². The van der Waals surface area contributed by atoms with Crippen LogP contribution >= 0.6 is 34.4 Å². The monoisotopic (exact) mass is 327 g/mol. The Kier molecular flexibility index (Phi) is 2.33. The molecule has 0 radical (unpaired) electrons. The van der Waals surface area contributed by atoms with Crippen molar-refractivity contribution in [3.63, 3.8) is 0 Å². The van der Waals surface area contributed by atoms with Crippen molar-refractivity contribution in [3.05, 3.63) is 35.7 Å². The van der Waals surface area contributed by atoms with Gasteiger partial charge < -0.3 is 4.57 Å². The summed E-state index contributed by atoms with van der Waals surface area (Å²) in [4.78, 5) is 1.27. The van der Waals surface area contributed by atoms with Crippen LogP contribution in [-0.4, -0.2) is 13.3 Å². The molecule has 1 aromatic carbocycles. The van der Waals surface area contributed by atoms with Gasteiger partial charge in [-0.25, -0.2) is 0 Å². The molecular formula is C15H9N3S3. The van der Waals surface area contributed by atoms with Crippen LogP contribution in [0.15, 0.2) is 35.7 Å². The van der Waals surface area contributed by atoms with Gasteiger partial charge in [0.1, 0.15) is 11.0 Å². The number of nitrogens with zero attached hydrogens (tertiary/aromatic N) is 3. The Hall–Kier alpha value is -1.76. The molecule has 0 aliphatic carbocycles. The van der Waals surface area contributed by atoms with Gasteiger partial charge in [0.15, 0.2) is 0 Å². The Bertz CT molecular complexity index is 1110. The standard InChI is InChI=1S/C15H9N3S3/c1-18-10-5-6-19-14(10)15-11(18)7-12(20-15)8-3-2-4-9-13(8)17-21-16-9/h2-7H,1H3. The van der Waals surface area contributed by atoms with Crippen molar-refractivity contribution in [2.45, 2.75) is 0 Å². The lowest BCUT2D eigenvalue weighted by Crippen LogP contribution is -1.83. The van der Waals surface area contributed by atoms with Gasteiger partial charge >= 0.3 is 0 Å². The van der Waals surface area contributed by atoms with Gasteiger partial charge in [-0.3, -0.25) is 0 Å². The van der Waals surface area contributed by atoms with Crippen LogP contribution in [-0.2, 0) is 7.05 Å². The zero-order valence-corrected chi connectivity index (χ0v) is 13.5. The lowest BCUT2D eigenvalue weighted by atomic mass is 10.1. The Balaban J connectivity index is 1.87. The molecule has 0 saturated heterocycles. The maximum atomic E-state index is 4.46. The molecule has 5 rings (SSSR count). The van der Waals surface area contributed by atoms with Gasteiger partial charge in [0.05, 0.1) is 32.2 Å². The summed E-state index contributed by atoms with van der Waals surface area (Å²) >= 11 is 4.94. The number of thiophene rings is 2. The van der Waals surface area contributed by atoms with Crippen molar-refractivity contribution in [1.29, 1.82) is 0 Å². The smallest absolute Gasteiger partial charge is 0.113 e. The highest BCUT2D eigenvalue weighted by Gasteiger charge is 2.16. The lowest BCUT2D eigenvalue weighted by Gasteiger charge is -1.98. The first-order valence-electron chi connectivity index (χ1n) is 6.50. The van der Waals surface area contributed by atoms with E-state index in [9.17, 15) is 0 Å². The minimum atomic E-state index is 0.983. The summed E-state index contributed by atoms with van der Waals surface area (Å²) in [5.74, 6) is 0. The van der Waals surface area contributed by atoms with E-state index < -0.39 is 0 Å². The van der Waals surface area contributed by atoms with E-state index >= 15 is 0 Å². The second kappa shape index (κ2) is 4.13. The highest BCUT2D eigenvalue weighted by atomic mass is 32.1. The SMILES string of the molecule is Cn1c2ccsc2c2sc(-c3cccc4nsnc34)cc21. The van der Waals surface area contributed by atoms with E-state index in [1.807, 2.05) is 28.7 Å². The third kappa shape index (κ3) is 1.52. The van der Waals surface area contributed by atoms with Gasteiger partial charge in [0.2, 0.25) is 0 Å². The van der Waals surface area contributed by atoms with Crippen LogP contribution in [0.25, 0.3) is 41.9 Å². The number of benzene rings is 1. The Labute approximate surface area is 132 Å². The van der Waals surface area contributed by atoms with Gasteiger partial charge in [-0.1, -0.05) is 12.1 Å². The number of aryl methyl sites for hydroxylation is 1. The van der Waals surface area contributed by atoms with Crippen LogP contribution in [0.3, 0.4) is 0 Å². The molecule has 0 aliphatic heterocycles. The summed E-state index contributed by atoms with van der Waals surface area (Å²) < 4.78 is 13.8. The average Bonchev–Trinajstić information content (AvgIpc) is 3.23. The molecule has 0 fully saturated rings. The highest BCUT2D eigenvalue weighted by Crippen LogP contribution is 2.42. The van der Waals surface area contributed by atoms with E-state index in [-0.39, 0.29) is 0 Å². The summed E-state index contributed by atoms with van der Waals surface area (Å²) in [5, 5.41) is 2.16. The minimum Gasteiger partial charge on any atom is -0.342 e. The summed E-state index contributed by atoms with van der Waals surface area (Å²) in [6.45, 7) is 0. The topological polar surface area (TPSA) is 30.7 Å². The van der Waals surface area contributed by atoms with E-state index in [1.165, 1.54) is 42.6 Å². The van der Waals surface area contributed by atoms with Gasteiger partial charge in [-0.15, -0.1) is 22.7 Å². The van der Waals surface area contributed by atoms with Crippen molar-refractivity contribution >= 4 is 65.9 Å². The number of aromatic nitrogens is 3. The number of hydrogen-bond acceptors (Lipinski definition) is 5. The molecule has 0 N–H and O–H groups in total. The van der Waals surface area contributed by atoms with Crippen molar-refractivity contribution in [1.82, 2.24) is 13.3 Å². The van der Waals surface area contributed by atoms with Crippen LogP contribution < -0.4 is 0 Å². The third-order valence-electron chi connectivity index (χ3n) is 3.84. The molecule has 0 spiro atoms. The molecule has 4 aromatic heterocycles. The fourth-order valence-corrected chi connectivity index (χ4v) is 5.65. The quantitative estimate of drug-likeness (QED) is 0.427. The van der Waals surface area contributed by atoms with Crippen LogP contribution in [0.5, 0.6) is 0 Å². The molecule has 3 nitrogen and oxygen atoms in total. The van der Waals surface area contributed by atoms with E-state index in [0.717, 1.165) is 11.0 Å². The Morgan fingerprint density at radius 2 is 2.00 bits per heavy atom. The third-order valence-corrected chi connectivity index (χ3v) is 6.61. The summed E-state index contributed by atoms with van der Waals surface area (Å²) in [6, 6.07) is 10.7. The van der Waals surface area contributed by atoms with Crippen molar-refractivity contribution in [2.75, 3.05) is 0 Å². The maximum absolute atomic E-state index is 4.46. The summed E-state index contributed by atoms with van der Waals surface area (Å²) in [5.41, 5.74) is 5.80. The predicted octanol–water partition coefficient (Wildman–Crippen LogP) is 5.13. The molecule has 0 aliphatic rings. The first-order chi connectivity index (χ1) is 10.3. The van der Waals surface area contributed by atoms with Gasteiger partial charge in [-0.05, 0) is 23.6 Å².